The highest BCUT2D eigenvalue weighted by Crippen LogP contribution is 2.28. The molecule has 0 spiro atoms. The predicted molar refractivity (Wildman–Crippen MR) is 78.1 cm³/mol. The second-order valence-electron chi connectivity index (χ2n) is 6.44. The molecular formula is C15H25NOS. The van der Waals surface area contributed by atoms with Crippen LogP contribution in [0.25, 0.3) is 0 Å². The molecular weight excluding hydrogens is 242 g/mol. The number of thiophene rings is 1. The lowest BCUT2D eigenvalue weighted by Crippen LogP contribution is -2.47. The SMILES string of the molecule is CC(C)Cc1ccc(CN(C)CC2(C)COC2)s1. The van der Waals surface area contributed by atoms with E-state index in [4.69, 9.17) is 4.74 Å². The second kappa shape index (κ2) is 5.72. The number of rotatable bonds is 6. The third kappa shape index (κ3) is 3.81. The first kappa shape index (κ1) is 14.0. The molecule has 0 radical (unpaired) electrons. The third-order valence-electron chi connectivity index (χ3n) is 3.31. The molecule has 1 aliphatic heterocycles. The molecule has 0 saturated carbocycles. The Kier molecular flexibility index (Phi) is 4.46. The van der Waals surface area contributed by atoms with Crippen LogP contribution in [-0.4, -0.2) is 31.7 Å². The van der Waals surface area contributed by atoms with Crippen molar-refractivity contribution in [2.75, 3.05) is 26.8 Å². The second-order valence-corrected chi connectivity index (χ2v) is 7.69. The van der Waals surface area contributed by atoms with E-state index in [1.165, 1.54) is 16.2 Å². The van der Waals surface area contributed by atoms with Gasteiger partial charge in [-0.3, -0.25) is 0 Å². The Morgan fingerprint density at radius 1 is 1.33 bits per heavy atom. The molecule has 1 aliphatic rings. The summed E-state index contributed by atoms with van der Waals surface area (Å²) in [5, 5.41) is 0. The smallest absolute Gasteiger partial charge is 0.0554 e. The van der Waals surface area contributed by atoms with Gasteiger partial charge in [-0.2, -0.15) is 0 Å². The summed E-state index contributed by atoms with van der Waals surface area (Å²) in [5.74, 6) is 0.750. The molecule has 1 aromatic heterocycles. The van der Waals surface area contributed by atoms with Gasteiger partial charge in [0.15, 0.2) is 0 Å². The van der Waals surface area contributed by atoms with Gasteiger partial charge in [-0.25, -0.2) is 0 Å². The summed E-state index contributed by atoms with van der Waals surface area (Å²) in [7, 11) is 2.21. The van der Waals surface area contributed by atoms with Crippen LogP contribution in [0, 0.1) is 11.3 Å². The first-order chi connectivity index (χ1) is 8.47. The van der Waals surface area contributed by atoms with Crippen LogP contribution in [0.5, 0.6) is 0 Å². The van der Waals surface area contributed by atoms with Gasteiger partial charge in [-0.1, -0.05) is 20.8 Å². The van der Waals surface area contributed by atoms with Crippen molar-refractivity contribution in [3.8, 4) is 0 Å². The number of hydrogen-bond donors (Lipinski definition) is 0. The highest BCUT2D eigenvalue weighted by molar-refractivity contribution is 7.11. The average Bonchev–Trinajstić information content (AvgIpc) is 2.61. The van der Waals surface area contributed by atoms with Crippen molar-refractivity contribution in [2.24, 2.45) is 11.3 Å². The van der Waals surface area contributed by atoms with E-state index in [1.54, 1.807) is 0 Å². The topological polar surface area (TPSA) is 12.5 Å². The molecule has 0 atom stereocenters. The van der Waals surface area contributed by atoms with Gasteiger partial charge in [-0.05, 0) is 31.5 Å². The van der Waals surface area contributed by atoms with Crippen LogP contribution in [0.2, 0.25) is 0 Å². The van der Waals surface area contributed by atoms with Crippen molar-refractivity contribution >= 4 is 11.3 Å². The molecule has 0 aliphatic carbocycles. The molecule has 1 fully saturated rings. The van der Waals surface area contributed by atoms with Gasteiger partial charge in [0.05, 0.1) is 13.2 Å². The number of hydrogen-bond acceptors (Lipinski definition) is 3. The standard InChI is InChI=1S/C15H25NOS/c1-12(2)7-13-5-6-14(18-13)8-16(4)9-15(3)10-17-11-15/h5-6,12H,7-11H2,1-4H3. The Morgan fingerprint density at radius 3 is 2.56 bits per heavy atom. The van der Waals surface area contributed by atoms with Crippen molar-refractivity contribution in [2.45, 2.75) is 33.7 Å². The zero-order chi connectivity index (χ0) is 13.2. The lowest BCUT2D eigenvalue weighted by molar-refractivity contribution is -0.113. The summed E-state index contributed by atoms with van der Waals surface area (Å²) in [6.07, 6.45) is 1.21. The Balaban J connectivity index is 1.83. The van der Waals surface area contributed by atoms with Gasteiger partial charge in [0.2, 0.25) is 0 Å². The lowest BCUT2D eigenvalue weighted by atomic mass is 9.88. The molecule has 2 nitrogen and oxygen atoms in total. The molecule has 0 bridgehead atoms. The molecule has 1 saturated heterocycles. The first-order valence-corrected chi connectivity index (χ1v) is 7.62. The maximum Gasteiger partial charge on any atom is 0.0554 e. The fraction of sp³-hybridized carbons (Fsp3) is 0.733. The quantitative estimate of drug-likeness (QED) is 0.783. The van der Waals surface area contributed by atoms with E-state index in [2.05, 4.69) is 44.9 Å². The van der Waals surface area contributed by atoms with Crippen LogP contribution in [0.15, 0.2) is 12.1 Å². The van der Waals surface area contributed by atoms with E-state index in [9.17, 15) is 0 Å². The minimum atomic E-state index is 0.382. The fourth-order valence-electron chi connectivity index (χ4n) is 2.53. The van der Waals surface area contributed by atoms with Gasteiger partial charge in [0.1, 0.15) is 0 Å². The molecule has 2 heterocycles. The minimum Gasteiger partial charge on any atom is -0.380 e. The van der Waals surface area contributed by atoms with Gasteiger partial charge in [0, 0.05) is 28.3 Å². The maximum absolute atomic E-state index is 5.31. The molecule has 0 unspecified atom stereocenters. The number of ether oxygens (including phenoxy) is 1. The van der Waals surface area contributed by atoms with E-state index >= 15 is 0 Å². The van der Waals surface area contributed by atoms with Crippen molar-refractivity contribution in [3.05, 3.63) is 21.9 Å². The molecule has 1 aromatic rings. The van der Waals surface area contributed by atoms with Crippen LogP contribution < -0.4 is 0 Å². The normalized spacial score (nSPS) is 18.3. The molecule has 102 valence electrons. The summed E-state index contributed by atoms with van der Waals surface area (Å²) < 4.78 is 5.31. The summed E-state index contributed by atoms with van der Waals surface area (Å²) in [5.41, 5.74) is 0.382. The Hall–Kier alpha value is -0.380. The zero-order valence-corrected chi connectivity index (χ0v) is 12.8. The summed E-state index contributed by atoms with van der Waals surface area (Å²) in [4.78, 5) is 5.43. The molecule has 0 amide bonds. The summed E-state index contributed by atoms with van der Waals surface area (Å²) >= 11 is 1.97. The highest BCUT2D eigenvalue weighted by Gasteiger charge is 2.34. The van der Waals surface area contributed by atoms with E-state index in [0.29, 0.717) is 5.41 Å². The van der Waals surface area contributed by atoms with Crippen LogP contribution >= 0.6 is 11.3 Å². The minimum absolute atomic E-state index is 0.382. The van der Waals surface area contributed by atoms with Gasteiger partial charge in [0.25, 0.3) is 0 Å². The molecule has 3 heteroatoms. The van der Waals surface area contributed by atoms with Crippen LogP contribution in [0.4, 0.5) is 0 Å². The van der Waals surface area contributed by atoms with Crippen LogP contribution in [0.3, 0.4) is 0 Å². The van der Waals surface area contributed by atoms with Crippen LogP contribution in [0.1, 0.15) is 30.5 Å². The van der Waals surface area contributed by atoms with Gasteiger partial charge < -0.3 is 9.64 Å². The summed E-state index contributed by atoms with van der Waals surface area (Å²) in [6.45, 7) is 10.9. The van der Waals surface area contributed by atoms with Crippen molar-refractivity contribution in [1.29, 1.82) is 0 Å². The Bertz CT molecular complexity index is 382. The molecule has 18 heavy (non-hydrogen) atoms. The predicted octanol–water partition coefficient (Wildman–Crippen LogP) is 3.41. The third-order valence-corrected chi connectivity index (χ3v) is 4.40. The highest BCUT2D eigenvalue weighted by atomic mass is 32.1. The Morgan fingerprint density at radius 2 is 2.00 bits per heavy atom. The van der Waals surface area contributed by atoms with E-state index < -0.39 is 0 Å². The fourth-order valence-corrected chi connectivity index (χ4v) is 3.85. The maximum atomic E-state index is 5.31. The number of nitrogens with zero attached hydrogens (tertiary/aromatic N) is 1. The van der Waals surface area contributed by atoms with E-state index in [-0.39, 0.29) is 0 Å². The van der Waals surface area contributed by atoms with Crippen molar-refractivity contribution in [1.82, 2.24) is 4.90 Å². The molecule has 0 N–H and O–H groups in total. The average molecular weight is 267 g/mol. The molecule has 0 aromatic carbocycles. The van der Waals surface area contributed by atoms with Gasteiger partial charge in [-0.15, -0.1) is 11.3 Å². The summed E-state index contributed by atoms with van der Waals surface area (Å²) in [6, 6.07) is 4.58. The Labute approximate surface area is 115 Å². The largest absolute Gasteiger partial charge is 0.380 e. The monoisotopic (exact) mass is 267 g/mol. The van der Waals surface area contributed by atoms with E-state index in [1.807, 2.05) is 11.3 Å². The first-order valence-electron chi connectivity index (χ1n) is 6.81. The van der Waals surface area contributed by atoms with Gasteiger partial charge >= 0.3 is 0 Å². The molecule has 2 rings (SSSR count). The van der Waals surface area contributed by atoms with E-state index in [0.717, 1.165) is 32.2 Å². The van der Waals surface area contributed by atoms with Crippen molar-refractivity contribution in [3.63, 3.8) is 0 Å². The lowest BCUT2D eigenvalue weighted by Gasteiger charge is -2.40. The zero-order valence-electron chi connectivity index (χ0n) is 12.0. The van der Waals surface area contributed by atoms with Crippen LogP contribution in [-0.2, 0) is 17.7 Å². The van der Waals surface area contributed by atoms with Crippen molar-refractivity contribution < 1.29 is 4.74 Å².